The lowest BCUT2D eigenvalue weighted by Crippen LogP contribution is -2.66. The van der Waals surface area contributed by atoms with Gasteiger partial charge in [0, 0.05) is 5.92 Å². The van der Waals surface area contributed by atoms with E-state index in [0.29, 0.717) is 18.8 Å². The molecule has 1 amide bonds. The van der Waals surface area contributed by atoms with Crippen LogP contribution in [0.5, 0.6) is 0 Å². The SMILES string of the molecule is C#CON(C#C)C(=O)[C@@]1(C)CC[C@]2(C)CC[C@]3(C)C(=CC(=O)[C@@H]4[C@@]5(C)CC[C@H](O)C(C)(C)C5CC[C@]43C)[C@@H]2C1. The van der Waals surface area contributed by atoms with E-state index in [-0.39, 0.29) is 56.7 Å². The molecule has 4 fully saturated rings. The third-order valence-corrected chi connectivity index (χ3v) is 13.5. The largest absolute Gasteiger partial charge is 0.393 e. The first kappa shape index (κ1) is 28.3. The summed E-state index contributed by atoms with van der Waals surface area (Å²) in [6, 6.07) is 2.29. The van der Waals surface area contributed by atoms with E-state index < -0.39 is 5.41 Å². The number of hydrogen-bond donors (Lipinski definition) is 1. The summed E-state index contributed by atoms with van der Waals surface area (Å²) in [7, 11) is 0. The van der Waals surface area contributed by atoms with Crippen molar-refractivity contribution >= 4 is 11.7 Å². The van der Waals surface area contributed by atoms with Gasteiger partial charge in [0.05, 0.1) is 17.6 Å². The highest BCUT2D eigenvalue weighted by atomic mass is 16.7. The van der Waals surface area contributed by atoms with Crippen molar-refractivity contribution < 1.29 is 19.5 Å². The van der Waals surface area contributed by atoms with Gasteiger partial charge in [-0.2, -0.15) is 0 Å². The molecule has 1 N–H and O–H groups in total. The van der Waals surface area contributed by atoms with Crippen molar-refractivity contribution in [1.82, 2.24) is 5.06 Å². The zero-order valence-electron chi connectivity index (χ0n) is 25.0. The quantitative estimate of drug-likeness (QED) is 0.258. The Kier molecular flexibility index (Phi) is 6.26. The van der Waals surface area contributed by atoms with Gasteiger partial charge in [0.15, 0.2) is 5.78 Å². The summed E-state index contributed by atoms with van der Waals surface area (Å²) in [6.45, 7) is 15.9. The van der Waals surface area contributed by atoms with Crippen molar-refractivity contribution in [1.29, 1.82) is 0 Å². The van der Waals surface area contributed by atoms with Crippen molar-refractivity contribution in [3.63, 3.8) is 0 Å². The molecule has 0 aromatic rings. The summed E-state index contributed by atoms with van der Waals surface area (Å²) in [5.41, 5.74) is -0.0994. The predicted molar refractivity (Wildman–Crippen MR) is 151 cm³/mol. The average Bonchev–Trinajstić information content (AvgIpc) is 2.87. The number of allylic oxidation sites excluding steroid dienone is 2. The molecule has 0 aliphatic heterocycles. The molecule has 9 atom stereocenters. The second kappa shape index (κ2) is 8.63. The molecular weight excluding hydrogens is 486 g/mol. The smallest absolute Gasteiger partial charge is 0.275 e. The first-order valence-corrected chi connectivity index (χ1v) is 14.9. The van der Waals surface area contributed by atoms with E-state index in [1.807, 2.05) is 19.1 Å². The Balaban J connectivity index is 1.57. The summed E-state index contributed by atoms with van der Waals surface area (Å²) in [5.74, 6) is 0.338. The number of fused-ring (bicyclic) bond motifs is 7. The van der Waals surface area contributed by atoms with Crippen LogP contribution in [0.25, 0.3) is 0 Å². The molecule has 5 nitrogen and oxygen atoms in total. The molecule has 4 saturated carbocycles. The lowest BCUT2D eigenvalue weighted by molar-refractivity contribution is -0.202. The molecule has 5 rings (SSSR count). The number of carbonyl (C=O) groups excluding carboxylic acids is 2. The molecular formula is C34H47NO4. The monoisotopic (exact) mass is 533 g/mol. The average molecular weight is 534 g/mol. The normalized spacial score (nSPS) is 48.1. The number of carbonyl (C=O) groups is 2. The highest BCUT2D eigenvalue weighted by Crippen LogP contribution is 2.75. The van der Waals surface area contributed by atoms with Gasteiger partial charge in [0.2, 0.25) is 0 Å². The number of aliphatic hydroxyl groups excluding tert-OH is 1. The van der Waals surface area contributed by atoms with E-state index in [1.165, 1.54) is 5.57 Å². The molecule has 1 unspecified atom stereocenters. The Morgan fingerprint density at radius 3 is 2.31 bits per heavy atom. The van der Waals surface area contributed by atoms with Crippen LogP contribution in [0, 0.1) is 75.2 Å². The van der Waals surface area contributed by atoms with Crippen LogP contribution in [0.2, 0.25) is 0 Å². The minimum Gasteiger partial charge on any atom is -0.393 e. The van der Waals surface area contributed by atoms with E-state index in [1.54, 1.807) is 0 Å². The second-order valence-corrected chi connectivity index (χ2v) is 15.6. The van der Waals surface area contributed by atoms with E-state index in [2.05, 4.69) is 47.6 Å². The fraction of sp³-hybridized carbons (Fsp3) is 0.765. The number of rotatable bonds is 2. The van der Waals surface area contributed by atoms with Crippen LogP contribution in [-0.2, 0) is 14.4 Å². The standard InChI is InChI=1S/C34H47NO4/c1-10-35(39-11-2)28(38)31(6)17-16-30(5)18-19-33(8)22(23(30)21-31)20-24(36)27-32(7)14-13-26(37)29(3,4)25(32)12-15-34(27,33)9/h1-2,20,23,25-27,37H,12-19,21H2,3-9H3/t23-,25?,26-,27+,30+,31-,32-,33+,34+/m0/s1. The maximum absolute atomic E-state index is 14.4. The fourth-order valence-corrected chi connectivity index (χ4v) is 10.8. The molecule has 0 bridgehead atoms. The zero-order valence-corrected chi connectivity index (χ0v) is 25.0. The molecule has 0 heterocycles. The van der Waals surface area contributed by atoms with Crippen molar-refractivity contribution in [2.24, 2.45) is 50.2 Å². The van der Waals surface area contributed by atoms with Crippen molar-refractivity contribution in [2.75, 3.05) is 0 Å². The van der Waals surface area contributed by atoms with Gasteiger partial charge in [-0.3, -0.25) is 9.59 Å². The highest BCUT2D eigenvalue weighted by molar-refractivity contribution is 5.95. The molecule has 0 spiro atoms. The molecule has 5 aliphatic carbocycles. The van der Waals surface area contributed by atoms with Crippen molar-refractivity contribution in [3.8, 4) is 25.0 Å². The molecule has 0 radical (unpaired) electrons. The van der Waals surface area contributed by atoms with E-state index in [9.17, 15) is 14.7 Å². The van der Waals surface area contributed by atoms with Gasteiger partial charge in [-0.15, -0.1) is 0 Å². The predicted octanol–water partition coefficient (Wildman–Crippen LogP) is 6.27. The van der Waals surface area contributed by atoms with Gasteiger partial charge in [0.25, 0.3) is 5.91 Å². The van der Waals surface area contributed by atoms with E-state index in [4.69, 9.17) is 17.7 Å². The van der Waals surface area contributed by atoms with Crippen LogP contribution in [0.1, 0.15) is 106 Å². The first-order chi connectivity index (χ1) is 18.0. The third kappa shape index (κ3) is 3.58. The Labute approximate surface area is 235 Å². The summed E-state index contributed by atoms with van der Waals surface area (Å²) in [6.07, 6.45) is 22.6. The number of nitrogens with zero attached hydrogens (tertiary/aromatic N) is 1. The fourth-order valence-electron chi connectivity index (χ4n) is 10.8. The first-order valence-electron chi connectivity index (χ1n) is 14.9. The third-order valence-electron chi connectivity index (χ3n) is 13.5. The maximum Gasteiger partial charge on any atom is 0.275 e. The van der Waals surface area contributed by atoms with Gasteiger partial charge in [-0.1, -0.05) is 71.9 Å². The van der Waals surface area contributed by atoms with Crippen molar-refractivity contribution in [3.05, 3.63) is 11.6 Å². The molecule has 5 heteroatoms. The minimum atomic E-state index is -0.722. The number of terminal acetylenes is 2. The number of amides is 1. The maximum atomic E-state index is 14.4. The zero-order chi connectivity index (χ0) is 28.8. The van der Waals surface area contributed by atoms with Crippen molar-refractivity contribution in [2.45, 2.75) is 112 Å². The molecule has 212 valence electrons. The van der Waals surface area contributed by atoms with Gasteiger partial charge in [-0.05, 0) is 103 Å². The number of hydrogen-bond acceptors (Lipinski definition) is 4. The summed E-state index contributed by atoms with van der Waals surface area (Å²) >= 11 is 0. The molecule has 0 saturated heterocycles. The van der Waals surface area contributed by atoms with Gasteiger partial charge >= 0.3 is 0 Å². The molecule has 39 heavy (non-hydrogen) atoms. The van der Waals surface area contributed by atoms with Gasteiger partial charge < -0.3 is 9.94 Å². The summed E-state index contributed by atoms with van der Waals surface area (Å²) < 4.78 is 0. The van der Waals surface area contributed by atoms with Crippen LogP contribution < -0.4 is 0 Å². The minimum absolute atomic E-state index is 0.0284. The lowest BCUT2D eigenvalue weighted by atomic mass is 9.33. The summed E-state index contributed by atoms with van der Waals surface area (Å²) in [5, 5.41) is 11.8. The van der Waals surface area contributed by atoms with E-state index >= 15 is 0 Å². The number of hydroxylamine groups is 2. The van der Waals surface area contributed by atoms with Crippen LogP contribution >= 0.6 is 0 Å². The highest BCUT2D eigenvalue weighted by Gasteiger charge is 2.70. The van der Waals surface area contributed by atoms with Crippen LogP contribution in [0.15, 0.2) is 11.6 Å². The van der Waals surface area contributed by atoms with Crippen LogP contribution in [0.3, 0.4) is 0 Å². The molecule has 0 aromatic carbocycles. The topological polar surface area (TPSA) is 66.8 Å². The Hall–Kier alpha value is -2.24. The van der Waals surface area contributed by atoms with Crippen LogP contribution in [0.4, 0.5) is 0 Å². The lowest BCUT2D eigenvalue weighted by Gasteiger charge is -2.70. The summed E-state index contributed by atoms with van der Waals surface area (Å²) in [4.78, 5) is 33.0. The number of aliphatic hydroxyl groups is 1. The van der Waals surface area contributed by atoms with Gasteiger partial charge in [-0.25, -0.2) is 0 Å². The Morgan fingerprint density at radius 1 is 1.00 bits per heavy atom. The molecule has 5 aliphatic rings. The Morgan fingerprint density at radius 2 is 1.67 bits per heavy atom. The second-order valence-electron chi connectivity index (χ2n) is 15.6. The van der Waals surface area contributed by atoms with Gasteiger partial charge in [0.1, 0.15) is 6.11 Å². The Bertz CT molecular complexity index is 1200. The number of ketones is 1. The van der Waals surface area contributed by atoms with Crippen LogP contribution in [-0.4, -0.2) is 28.0 Å². The van der Waals surface area contributed by atoms with E-state index in [0.717, 1.165) is 50.0 Å². The molecule has 0 aromatic heterocycles.